The van der Waals surface area contributed by atoms with Gasteiger partial charge in [0.1, 0.15) is 18.3 Å². The van der Waals surface area contributed by atoms with Gasteiger partial charge in [-0.3, -0.25) is 13.9 Å². The quantitative estimate of drug-likeness (QED) is 0.539. The Kier molecular flexibility index (Phi) is 8.77. The summed E-state index contributed by atoms with van der Waals surface area (Å²) in [7, 11) is -2.17. The maximum atomic E-state index is 13.6. The molecule has 1 saturated carbocycles. The van der Waals surface area contributed by atoms with Crippen molar-refractivity contribution in [2.24, 2.45) is 0 Å². The first-order chi connectivity index (χ1) is 16.6. The summed E-state index contributed by atoms with van der Waals surface area (Å²) < 4.78 is 31.7. The molecule has 0 heterocycles. The highest BCUT2D eigenvalue weighted by atomic mass is 32.2. The number of aryl methyl sites for hydroxylation is 1. The number of nitrogens with one attached hydrogen (secondary N) is 1. The van der Waals surface area contributed by atoms with Crippen molar-refractivity contribution in [3.05, 3.63) is 59.7 Å². The number of benzene rings is 2. The fourth-order valence-electron chi connectivity index (χ4n) is 4.34. The number of amides is 2. The van der Waals surface area contributed by atoms with E-state index in [0.717, 1.165) is 47.4 Å². The number of methoxy groups -OCH3 is 1. The molecule has 0 spiro atoms. The number of rotatable bonds is 10. The summed E-state index contributed by atoms with van der Waals surface area (Å²) in [6.45, 7) is 3.24. The van der Waals surface area contributed by atoms with Crippen molar-refractivity contribution >= 4 is 27.5 Å². The molecular formula is C26H35N3O5S. The Balaban J connectivity index is 1.88. The van der Waals surface area contributed by atoms with Crippen LogP contribution in [0, 0.1) is 6.92 Å². The lowest BCUT2D eigenvalue weighted by Gasteiger charge is -2.32. The first-order valence-corrected chi connectivity index (χ1v) is 13.7. The highest BCUT2D eigenvalue weighted by Gasteiger charge is 2.31. The van der Waals surface area contributed by atoms with Crippen LogP contribution in [-0.2, 0) is 26.2 Å². The zero-order chi connectivity index (χ0) is 25.6. The third-order valence-corrected chi connectivity index (χ3v) is 7.57. The SMILES string of the molecule is COc1ccc(CN(C(=O)CN(c2ccccc2C)S(C)(=O)=O)[C@H](C)C(=O)NC2CCCC2)cc1. The van der Waals surface area contributed by atoms with Crippen LogP contribution < -0.4 is 14.4 Å². The largest absolute Gasteiger partial charge is 0.497 e. The number of nitrogens with zero attached hydrogens (tertiary/aromatic N) is 2. The molecule has 0 unspecified atom stereocenters. The molecule has 0 saturated heterocycles. The molecule has 0 aliphatic heterocycles. The molecule has 35 heavy (non-hydrogen) atoms. The molecule has 8 nitrogen and oxygen atoms in total. The van der Waals surface area contributed by atoms with E-state index in [1.54, 1.807) is 51.3 Å². The van der Waals surface area contributed by atoms with E-state index in [-0.39, 0.29) is 18.5 Å². The molecule has 0 radical (unpaired) electrons. The average Bonchev–Trinajstić information content (AvgIpc) is 3.33. The van der Waals surface area contributed by atoms with Gasteiger partial charge < -0.3 is 15.0 Å². The van der Waals surface area contributed by atoms with E-state index >= 15 is 0 Å². The van der Waals surface area contributed by atoms with Crippen LogP contribution in [0.5, 0.6) is 5.75 Å². The maximum absolute atomic E-state index is 13.6. The molecule has 2 aromatic carbocycles. The monoisotopic (exact) mass is 501 g/mol. The second kappa shape index (κ2) is 11.6. The van der Waals surface area contributed by atoms with E-state index in [0.29, 0.717) is 11.4 Å². The standard InChI is InChI=1S/C26H35N3O5S/c1-19-9-5-8-12-24(19)29(35(4,32)33)18-25(30)28(17-21-13-15-23(34-3)16-14-21)20(2)26(31)27-22-10-6-7-11-22/h5,8-9,12-16,20,22H,6-7,10-11,17-18H2,1-4H3,(H,27,31)/t20-/m1/s1. The van der Waals surface area contributed by atoms with Gasteiger partial charge in [0.15, 0.2) is 0 Å². The third-order valence-electron chi connectivity index (χ3n) is 6.44. The summed E-state index contributed by atoms with van der Waals surface area (Å²) in [6, 6.07) is 13.6. The molecule has 0 aromatic heterocycles. The van der Waals surface area contributed by atoms with E-state index in [2.05, 4.69) is 5.32 Å². The van der Waals surface area contributed by atoms with Gasteiger partial charge in [0.05, 0.1) is 19.1 Å². The lowest BCUT2D eigenvalue weighted by Crippen LogP contribution is -2.52. The zero-order valence-electron chi connectivity index (χ0n) is 20.9. The Morgan fingerprint density at radius 1 is 1.09 bits per heavy atom. The Morgan fingerprint density at radius 3 is 2.29 bits per heavy atom. The number of sulfonamides is 1. The van der Waals surface area contributed by atoms with Crippen LogP contribution in [0.15, 0.2) is 48.5 Å². The molecule has 9 heteroatoms. The third kappa shape index (κ3) is 6.97. The number of hydrogen-bond acceptors (Lipinski definition) is 5. The maximum Gasteiger partial charge on any atom is 0.244 e. The van der Waals surface area contributed by atoms with Crippen molar-refractivity contribution in [1.29, 1.82) is 0 Å². The number of para-hydroxylation sites is 1. The molecular weight excluding hydrogens is 466 g/mol. The van der Waals surface area contributed by atoms with Crippen LogP contribution in [-0.4, -0.2) is 57.1 Å². The minimum atomic E-state index is -3.75. The topological polar surface area (TPSA) is 96.0 Å². The first-order valence-electron chi connectivity index (χ1n) is 11.9. The van der Waals surface area contributed by atoms with Crippen LogP contribution in [0.25, 0.3) is 0 Å². The van der Waals surface area contributed by atoms with Crippen molar-refractivity contribution in [2.75, 3.05) is 24.2 Å². The Morgan fingerprint density at radius 2 is 1.71 bits per heavy atom. The number of anilines is 1. The smallest absolute Gasteiger partial charge is 0.244 e. The van der Waals surface area contributed by atoms with E-state index in [9.17, 15) is 18.0 Å². The van der Waals surface area contributed by atoms with Crippen LogP contribution in [0.1, 0.15) is 43.7 Å². The zero-order valence-corrected chi connectivity index (χ0v) is 21.7. The van der Waals surface area contributed by atoms with Crippen LogP contribution in [0.3, 0.4) is 0 Å². The second-order valence-electron chi connectivity index (χ2n) is 9.09. The molecule has 1 aliphatic carbocycles. The van der Waals surface area contributed by atoms with Gasteiger partial charge >= 0.3 is 0 Å². The summed E-state index contributed by atoms with van der Waals surface area (Å²) in [5.74, 6) is -0.00872. The molecule has 1 fully saturated rings. The minimum Gasteiger partial charge on any atom is -0.497 e. The highest BCUT2D eigenvalue weighted by molar-refractivity contribution is 7.92. The van der Waals surface area contributed by atoms with Crippen LogP contribution >= 0.6 is 0 Å². The van der Waals surface area contributed by atoms with Crippen molar-refractivity contribution in [3.8, 4) is 5.75 Å². The summed E-state index contributed by atoms with van der Waals surface area (Å²) in [5, 5.41) is 3.06. The van der Waals surface area contributed by atoms with Crippen molar-refractivity contribution in [2.45, 2.75) is 58.2 Å². The normalized spacial score (nSPS) is 14.9. The molecule has 3 rings (SSSR count). The Bertz CT molecular complexity index is 1130. The Hall–Kier alpha value is -3.07. The molecule has 1 N–H and O–H groups in total. The van der Waals surface area contributed by atoms with Crippen LogP contribution in [0.4, 0.5) is 5.69 Å². The van der Waals surface area contributed by atoms with Crippen LogP contribution in [0.2, 0.25) is 0 Å². The second-order valence-corrected chi connectivity index (χ2v) is 11.0. The molecule has 0 bridgehead atoms. The summed E-state index contributed by atoms with van der Waals surface area (Å²) in [4.78, 5) is 28.1. The molecule has 1 atom stereocenters. The lowest BCUT2D eigenvalue weighted by atomic mass is 10.1. The van der Waals surface area contributed by atoms with Gasteiger partial charge in [-0.25, -0.2) is 8.42 Å². The van der Waals surface area contributed by atoms with Gasteiger partial charge in [-0.1, -0.05) is 43.2 Å². The van der Waals surface area contributed by atoms with Crippen molar-refractivity contribution < 1.29 is 22.7 Å². The molecule has 190 valence electrons. The number of ether oxygens (including phenoxy) is 1. The van der Waals surface area contributed by atoms with E-state index < -0.39 is 28.5 Å². The fraction of sp³-hybridized carbons (Fsp3) is 0.462. The van der Waals surface area contributed by atoms with Gasteiger partial charge in [-0.05, 0) is 56.0 Å². The van der Waals surface area contributed by atoms with Crippen molar-refractivity contribution in [1.82, 2.24) is 10.2 Å². The average molecular weight is 502 g/mol. The predicted molar refractivity (Wildman–Crippen MR) is 137 cm³/mol. The number of hydrogen-bond donors (Lipinski definition) is 1. The predicted octanol–water partition coefficient (Wildman–Crippen LogP) is 3.25. The van der Waals surface area contributed by atoms with Gasteiger partial charge in [0.25, 0.3) is 0 Å². The van der Waals surface area contributed by atoms with Gasteiger partial charge in [-0.15, -0.1) is 0 Å². The van der Waals surface area contributed by atoms with Gasteiger partial charge in [0, 0.05) is 12.6 Å². The molecule has 2 amide bonds. The number of carbonyl (C=O) groups excluding carboxylic acids is 2. The van der Waals surface area contributed by atoms with E-state index in [4.69, 9.17) is 4.74 Å². The molecule has 1 aliphatic rings. The minimum absolute atomic E-state index is 0.113. The Labute approximate surface area is 208 Å². The molecule has 2 aromatic rings. The summed E-state index contributed by atoms with van der Waals surface area (Å²) >= 11 is 0. The highest BCUT2D eigenvalue weighted by Crippen LogP contribution is 2.23. The summed E-state index contributed by atoms with van der Waals surface area (Å²) in [6.07, 6.45) is 5.10. The van der Waals surface area contributed by atoms with Crippen molar-refractivity contribution in [3.63, 3.8) is 0 Å². The van der Waals surface area contributed by atoms with E-state index in [1.165, 1.54) is 4.90 Å². The fourth-order valence-corrected chi connectivity index (χ4v) is 5.25. The number of carbonyl (C=O) groups is 2. The van der Waals surface area contributed by atoms with Gasteiger partial charge in [0.2, 0.25) is 21.8 Å². The summed E-state index contributed by atoms with van der Waals surface area (Å²) in [5.41, 5.74) is 1.98. The van der Waals surface area contributed by atoms with E-state index in [1.807, 2.05) is 18.2 Å². The van der Waals surface area contributed by atoms with Gasteiger partial charge in [-0.2, -0.15) is 0 Å². The first kappa shape index (κ1) is 26.5. The lowest BCUT2D eigenvalue weighted by molar-refractivity contribution is -0.139.